The van der Waals surface area contributed by atoms with E-state index in [1.807, 2.05) is 17.8 Å². The normalized spacial score (nSPS) is 11.5. The first kappa shape index (κ1) is 17.3. The number of nitrogens with one attached hydrogen (secondary N) is 2. The molecule has 0 aliphatic carbocycles. The van der Waals surface area contributed by atoms with Crippen molar-refractivity contribution in [2.24, 2.45) is 4.99 Å². The van der Waals surface area contributed by atoms with Crippen molar-refractivity contribution >= 4 is 17.7 Å². The number of thioether (sulfide) groups is 1. The van der Waals surface area contributed by atoms with Crippen LogP contribution in [0.5, 0.6) is 0 Å². The summed E-state index contributed by atoms with van der Waals surface area (Å²) in [5, 5.41) is 14.7. The van der Waals surface area contributed by atoms with E-state index in [-0.39, 0.29) is 0 Å². The Morgan fingerprint density at radius 1 is 1.22 bits per heavy atom. The van der Waals surface area contributed by atoms with E-state index in [0.717, 1.165) is 43.6 Å². The van der Waals surface area contributed by atoms with Gasteiger partial charge in [-0.05, 0) is 12.1 Å². The van der Waals surface area contributed by atoms with Crippen LogP contribution >= 0.6 is 11.8 Å². The number of aromatic nitrogens is 3. The molecule has 23 heavy (non-hydrogen) atoms. The van der Waals surface area contributed by atoms with Gasteiger partial charge in [0.2, 0.25) is 0 Å². The Bertz CT molecular complexity index is 596. The molecule has 0 aliphatic rings. The third kappa shape index (κ3) is 5.94. The lowest BCUT2D eigenvalue weighted by molar-refractivity contribution is 0.634. The molecule has 0 aliphatic heterocycles. The Hall–Kier alpha value is -2.02. The lowest BCUT2D eigenvalue weighted by Crippen LogP contribution is -2.39. The molecule has 0 saturated carbocycles. The number of hydrogen-bond acceptors (Lipinski definition) is 4. The zero-order valence-electron chi connectivity index (χ0n) is 13.7. The van der Waals surface area contributed by atoms with Crippen molar-refractivity contribution in [3.05, 3.63) is 42.5 Å². The molecule has 2 aromatic rings. The van der Waals surface area contributed by atoms with E-state index >= 15 is 0 Å². The van der Waals surface area contributed by atoms with Crippen LogP contribution in [-0.2, 0) is 13.0 Å². The maximum absolute atomic E-state index is 4.24. The van der Waals surface area contributed by atoms with E-state index in [2.05, 4.69) is 61.6 Å². The van der Waals surface area contributed by atoms with Gasteiger partial charge in [0, 0.05) is 43.8 Å². The fourth-order valence-corrected chi connectivity index (χ4v) is 2.90. The summed E-state index contributed by atoms with van der Waals surface area (Å²) in [6, 6.07) is 10.4. The summed E-state index contributed by atoms with van der Waals surface area (Å²) in [4.78, 5) is 5.53. The summed E-state index contributed by atoms with van der Waals surface area (Å²) in [7, 11) is 1.79. The topological polar surface area (TPSA) is 67.1 Å². The maximum atomic E-state index is 4.24. The number of guanidine groups is 1. The average Bonchev–Trinajstić information content (AvgIpc) is 3.05. The van der Waals surface area contributed by atoms with Gasteiger partial charge in [-0.15, -0.1) is 22.0 Å². The molecule has 2 N–H and O–H groups in total. The van der Waals surface area contributed by atoms with Crippen molar-refractivity contribution in [3.8, 4) is 0 Å². The first-order valence-electron chi connectivity index (χ1n) is 7.82. The lowest BCUT2D eigenvalue weighted by atomic mass is 10.4. The summed E-state index contributed by atoms with van der Waals surface area (Å²) in [6.45, 7) is 4.57. The number of hydrogen-bond donors (Lipinski definition) is 2. The Kier molecular flexibility index (Phi) is 7.45. The second-order valence-electron chi connectivity index (χ2n) is 4.88. The van der Waals surface area contributed by atoms with Crippen LogP contribution in [0.3, 0.4) is 0 Å². The van der Waals surface area contributed by atoms with E-state index in [9.17, 15) is 0 Å². The van der Waals surface area contributed by atoms with E-state index in [4.69, 9.17) is 0 Å². The molecule has 7 heteroatoms. The number of rotatable bonds is 8. The monoisotopic (exact) mass is 332 g/mol. The Morgan fingerprint density at radius 2 is 2.00 bits per heavy atom. The zero-order valence-corrected chi connectivity index (χ0v) is 14.5. The minimum absolute atomic E-state index is 0.788. The first-order chi connectivity index (χ1) is 11.3. The van der Waals surface area contributed by atoms with Crippen molar-refractivity contribution < 1.29 is 0 Å². The second kappa shape index (κ2) is 9.89. The quantitative estimate of drug-likeness (QED) is 0.334. The van der Waals surface area contributed by atoms with E-state index in [1.165, 1.54) is 4.90 Å². The smallest absolute Gasteiger partial charge is 0.191 e. The third-order valence-electron chi connectivity index (χ3n) is 3.29. The number of aliphatic imine (C=N–C) groups is 1. The molecule has 1 heterocycles. The summed E-state index contributed by atoms with van der Waals surface area (Å²) in [6.07, 6.45) is 2.66. The lowest BCUT2D eigenvalue weighted by Gasteiger charge is -2.12. The summed E-state index contributed by atoms with van der Waals surface area (Å²) in [5.41, 5.74) is 0. The van der Waals surface area contributed by atoms with Crippen molar-refractivity contribution in [1.82, 2.24) is 25.4 Å². The Morgan fingerprint density at radius 3 is 2.74 bits per heavy atom. The van der Waals surface area contributed by atoms with Crippen molar-refractivity contribution in [1.29, 1.82) is 0 Å². The standard InChI is InChI=1S/C16H24N6S/c1-3-15-21-20-13-22(15)11-9-18-16(17-2)19-10-12-23-14-7-5-4-6-8-14/h4-8,13H,3,9-12H2,1-2H3,(H2,17,18,19). The SMILES string of the molecule is CCc1nncn1CCNC(=NC)NCCSc1ccccc1. The van der Waals surface area contributed by atoms with Crippen molar-refractivity contribution in [3.63, 3.8) is 0 Å². The predicted molar refractivity (Wildman–Crippen MR) is 95.9 cm³/mol. The predicted octanol–water partition coefficient (Wildman–Crippen LogP) is 1.80. The van der Waals surface area contributed by atoms with E-state index in [1.54, 1.807) is 13.4 Å². The molecule has 124 valence electrons. The van der Waals surface area contributed by atoms with E-state index in [0.29, 0.717) is 0 Å². The van der Waals surface area contributed by atoms with Crippen LogP contribution in [0.25, 0.3) is 0 Å². The van der Waals surface area contributed by atoms with Crippen LogP contribution in [0.15, 0.2) is 46.5 Å². The van der Waals surface area contributed by atoms with Gasteiger partial charge < -0.3 is 15.2 Å². The van der Waals surface area contributed by atoms with Crippen LogP contribution in [0.4, 0.5) is 0 Å². The van der Waals surface area contributed by atoms with E-state index < -0.39 is 0 Å². The highest BCUT2D eigenvalue weighted by atomic mass is 32.2. The largest absolute Gasteiger partial charge is 0.356 e. The minimum Gasteiger partial charge on any atom is -0.356 e. The molecule has 0 fully saturated rings. The fourth-order valence-electron chi connectivity index (χ4n) is 2.11. The number of aryl methyl sites for hydroxylation is 1. The van der Waals surface area contributed by atoms with Gasteiger partial charge in [-0.25, -0.2) is 0 Å². The molecule has 1 aromatic heterocycles. The van der Waals surface area contributed by atoms with Gasteiger partial charge in [-0.3, -0.25) is 4.99 Å². The van der Waals surface area contributed by atoms with Crippen LogP contribution in [0.1, 0.15) is 12.7 Å². The third-order valence-corrected chi connectivity index (χ3v) is 4.30. The highest BCUT2D eigenvalue weighted by molar-refractivity contribution is 7.99. The molecule has 0 atom stereocenters. The molecule has 1 aromatic carbocycles. The fraction of sp³-hybridized carbons (Fsp3) is 0.438. The highest BCUT2D eigenvalue weighted by Crippen LogP contribution is 2.15. The van der Waals surface area contributed by atoms with Gasteiger partial charge in [0.05, 0.1) is 0 Å². The molecular weight excluding hydrogens is 308 g/mol. The Labute approximate surface area is 141 Å². The van der Waals surface area contributed by atoms with Gasteiger partial charge in [-0.1, -0.05) is 25.1 Å². The molecular formula is C16H24N6S. The van der Waals surface area contributed by atoms with Crippen molar-refractivity contribution in [2.45, 2.75) is 24.8 Å². The first-order valence-corrected chi connectivity index (χ1v) is 8.81. The summed E-state index contributed by atoms with van der Waals surface area (Å²) < 4.78 is 2.06. The van der Waals surface area contributed by atoms with Gasteiger partial charge in [-0.2, -0.15) is 0 Å². The summed E-state index contributed by atoms with van der Waals surface area (Å²) in [5.74, 6) is 2.83. The average molecular weight is 332 g/mol. The highest BCUT2D eigenvalue weighted by Gasteiger charge is 2.02. The van der Waals surface area contributed by atoms with Crippen LogP contribution in [-0.4, -0.2) is 46.6 Å². The maximum Gasteiger partial charge on any atom is 0.191 e. The van der Waals surface area contributed by atoms with Crippen LogP contribution < -0.4 is 10.6 Å². The van der Waals surface area contributed by atoms with Crippen LogP contribution in [0, 0.1) is 0 Å². The van der Waals surface area contributed by atoms with Crippen molar-refractivity contribution in [2.75, 3.05) is 25.9 Å². The number of nitrogens with zero attached hydrogens (tertiary/aromatic N) is 4. The number of benzene rings is 1. The van der Waals surface area contributed by atoms with Gasteiger partial charge in [0.25, 0.3) is 0 Å². The molecule has 6 nitrogen and oxygen atoms in total. The molecule has 0 spiro atoms. The second-order valence-corrected chi connectivity index (χ2v) is 6.05. The minimum atomic E-state index is 0.788. The molecule has 0 radical (unpaired) electrons. The molecule has 0 bridgehead atoms. The summed E-state index contributed by atoms with van der Waals surface area (Å²) >= 11 is 1.83. The van der Waals surface area contributed by atoms with Gasteiger partial charge in [0.1, 0.15) is 12.2 Å². The van der Waals surface area contributed by atoms with Crippen LogP contribution in [0.2, 0.25) is 0 Å². The van der Waals surface area contributed by atoms with Gasteiger partial charge >= 0.3 is 0 Å². The molecule has 2 rings (SSSR count). The molecule has 0 unspecified atom stereocenters. The Balaban J connectivity index is 1.63. The zero-order chi connectivity index (χ0) is 16.3. The van der Waals surface area contributed by atoms with Gasteiger partial charge in [0.15, 0.2) is 5.96 Å². The molecule has 0 amide bonds. The molecule has 0 saturated heterocycles.